The van der Waals surface area contributed by atoms with Gasteiger partial charge in [-0.15, -0.1) is 0 Å². The molecule has 0 aliphatic carbocycles. The average Bonchev–Trinajstić information content (AvgIpc) is 2.96. The lowest BCUT2D eigenvalue weighted by molar-refractivity contribution is -0.139. The van der Waals surface area contributed by atoms with Crippen molar-refractivity contribution in [2.75, 3.05) is 32.8 Å². The molecule has 2 amide bonds. The van der Waals surface area contributed by atoms with E-state index in [2.05, 4.69) is 10.2 Å². The van der Waals surface area contributed by atoms with Crippen LogP contribution in [-0.2, 0) is 16.1 Å². The van der Waals surface area contributed by atoms with Crippen LogP contribution < -0.4 is 10.1 Å². The SMILES string of the molecule is CCOc1ccccc1CN1CCNC(=O)[C@H]1CC(=O)N1CCCCCC1. The van der Waals surface area contributed by atoms with Gasteiger partial charge in [0.1, 0.15) is 5.75 Å². The molecule has 2 heterocycles. The summed E-state index contributed by atoms with van der Waals surface area (Å²) >= 11 is 0. The molecule has 0 saturated carbocycles. The van der Waals surface area contributed by atoms with Gasteiger partial charge in [0, 0.05) is 38.3 Å². The molecule has 0 unspecified atom stereocenters. The second kappa shape index (κ2) is 9.74. The van der Waals surface area contributed by atoms with E-state index in [4.69, 9.17) is 4.74 Å². The summed E-state index contributed by atoms with van der Waals surface area (Å²) < 4.78 is 5.73. The predicted octanol–water partition coefficient (Wildman–Crippen LogP) is 2.18. The molecule has 6 nitrogen and oxygen atoms in total. The number of likely N-dealkylation sites (tertiary alicyclic amines) is 1. The highest BCUT2D eigenvalue weighted by Gasteiger charge is 2.33. The van der Waals surface area contributed by atoms with Gasteiger partial charge in [0.15, 0.2) is 0 Å². The van der Waals surface area contributed by atoms with Gasteiger partial charge in [0.25, 0.3) is 0 Å². The minimum absolute atomic E-state index is 0.0432. The summed E-state index contributed by atoms with van der Waals surface area (Å²) in [4.78, 5) is 29.4. The number of piperazine rings is 1. The van der Waals surface area contributed by atoms with Crippen molar-refractivity contribution >= 4 is 11.8 Å². The molecule has 3 rings (SSSR count). The summed E-state index contributed by atoms with van der Waals surface area (Å²) in [6.07, 6.45) is 4.76. The van der Waals surface area contributed by atoms with Crippen molar-refractivity contribution in [3.63, 3.8) is 0 Å². The molecule has 2 aliphatic heterocycles. The summed E-state index contributed by atoms with van der Waals surface area (Å²) in [6, 6.07) is 7.52. The van der Waals surface area contributed by atoms with Gasteiger partial charge in [-0.2, -0.15) is 0 Å². The minimum atomic E-state index is -0.413. The second-order valence-electron chi connectivity index (χ2n) is 7.32. The van der Waals surface area contributed by atoms with Crippen LogP contribution in [0.4, 0.5) is 0 Å². The lowest BCUT2D eigenvalue weighted by Gasteiger charge is -2.36. The number of para-hydroxylation sites is 1. The average molecular weight is 373 g/mol. The van der Waals surface area contributed by atoms with Crippen molar-refractivity contribution in [3.05, 3.63) is 29.8 Å². The van der Waals surface area contributed by atoms with E-state index in [9.17, 15) is 9.59 Å². The highest BCUT2D eigenvalue weighted by Crippen LogP contribution is 2.23. The van der Waals surface area contributed by atoms with Crippen molar-refractivity contribution < 1.29 is 14.3 Å². The van der Waals surface area contributed by atoms with E-state index in [1.54, 1.807) is 0 Å². The molecule has 0 bridgehead atoms. The first kappa shape index (κ1) is 19.7. The van der Waals surface area contributed by atoms with Crippen LogP contribution in [0.2, 0.25) is 0 Å². The van der Waals surface area contributed by atoms with Crippen LogP contribution in [0.5, 0.6) is 5.75 Å². The summed E-state index contributed by atoms with van der Waals surface area (Å²) in [5.74, 6) is 0.906. The zero-order chi connectivity index (χ0) is 19.1. The number of hydrogen-bond donors (Lipinski definition) is 1. The van der Waals surface area contributed by atoms with Gasteiger partial charge in [-0.3, -0.25) is 14.5 Å². The molecule has 1 atom stereocenters. The molecule has 0 aromatic heterocycles. The predicted molar refractivity (Wildman–Crippen MR) is 104 cm³/mol. The number of nitrogens with one attached hydrogen (secondary N) is 1. The molecule has 2 aliphatic rings. The Bertz CT molecular complexity index is 641. The summed E-state index contributed by atoms with van der Waals surface area (Å²) in [6.45, 7) is 6.18. The zero-order valence-corrected chi connectivity index (χ0v) is 16.3. The van der Waals surface area contributed by atoms with Gasteiger partial charge >= 0.3 is 0 Å². The van der Waals surface area contributed by atoms with E-state index >= 15 is 0 Å². The molecule has 0 spiro atoms. The minimum Gasteiger partial charge on any atom is -0.494 e. The van der Waals surface area contributed by atoms with E-state index in [-0.39, 0.29) is 18.2 Å². The van der Waals surface area contributed by atoms with Crippen molar-refractivity contribution in [1.29, 1.82) is 0 Å². The molecule has 1 N–H and O–H groups in total. The highest BCUT2D eigenvalue weighted by atomic mass is 16.5. The number of amides is 2. The molecular formula is C21H31N3O3. The Balaban J connectivity index is 1.69. The zero-order valence-electron chi connectivity index (χ0n) is 16.3. The van der Waals surface area contributed by atoms with Crippen LogP contribution in [0.3, 0.4) is 0 Å². The maximum Gasteiger partial charge on any atom is 0.237 e. The lowest BCUT2D eigenvalue weighted by atomic mass is 10.1. The van der Waals surface area contributed by atoms with Crippen LogP contribution in [-0.4, -0.2) is 60.4 Å². The van der Waals surface area contributed by atoms with Gasteiger partial charge in [-0.05, 0) is 25.8 Å². The third-order valence-electron chi connectivity index (χ3n) is 5.41. The molecule has 6 heteroatoms. The van der Waals surface area contributed by atoms with E-state index < -0.39 is 6.04 Å². The maximum absolute atomic E-state index is 12.8. The van der Waals surface area contributed by atoms with Gasteiger partial charge in [0.05, 0.1) is 19.1 Å². The van der Waals surface area contributed by atoms with Crippen molar-refractivity contribution in [2.45, 2.75) is 51.6 Å². The number of hydrogen-bond acceptors (Lipinski definition) is 4. The van der Waals surface area contributed by atoms with Gasteiger partial charge < -0.3 is 15.0 Å². The largest absolute Gasteiger partial charge is 0.494 e. The second-order valence-corrected chi connectivity index (χ2v) is 7.32. The van der Waals surface area contributed by atoms with Gasteiger partial charge in [-0.25, -0.2) is 0 Å². The van der Waals surface area contributed by atoms with Crippen LogP contribution in [0.15, 0.2) is 24.3 Å². The summed E-state index contributed by atoms with van der Waals surface area (Å²) in [7, 11) is 0. The van der Waals surface area contributed by atoms with Crippen molar-refractivity contribution in [3.8, 4) is 5.75 Å². The van der Waals surface area contributed by atoms with Crippen LogP contribution in [0.25, 0.3) is 0 Å². The fourth-order valence-electron chi connectivity index (χ4n) is 3.94. The van der Waals surface area contributed by atoms with E-state index in [1.165, 1.54) is 12.8 Å². The van der Waals surface area contributed by atoms with Crippen LogP contribution in [0.1, 0.15) is 44.6 Å². The quantitative estimate of drug-likeness (QED) is 0.830. The number of rotatable bonds is 6. The third kappa shape index (κ3) is 5.22. The molecule has 2 saturated heterocycles. The third-order valence-corrected chi connectivity index (χ3v) is 5.41. The molecule has 1 aromatic rings. The number of ether oxygens (including phenoxy) is 1. The van der Waals surface area contributed by atoms with Gasteiger partial charge in [0.2, 0.25) is 11.8 Å². The Morgan fingerprint density at radius 2 is 1.89 bits per heavy atom. The molecule has 148 valence electrons. The number of carbonyl (C=O) groups excluding carboxylic acids is 2. The van der Waals surface area contributed by atoms with E-state index in [0.717, 1.165) is 43.8 Å². The fourth-order valence-corrected chi connectivity index (χ4v) is 3.94. The molecular weight excluding hydrogens is 342 g/mol. The Labute approximate surface area is 161 Å². The number of benzene rings is 1. The summed E-state index contributed by atoms with van der Waals surface area (Å²) in [5.41, 5.74) is 1.06. The van der Waals surface area contributed by atoms with Crippen molar-refractivity contribution in [2.24, 2.45) is 0 Å². The van der Waals surface area contributed by atoms with Crippen LogP contribution >= 0.6 is 0 Å². The fraction of sp³-hybridized carbons (Fsp3) is 0.619. The smallest absolute Gasteiger partial charge is 0.237 e. The number of carbonyl (C=O) groups is 2. The molecule has 0 radical (unpaired) electrons. The monoisotopic (exact) mass is 373 g/mol. The van der Waals surface area contributed by atoms with E-state index in [1.807, 2.05) is 36.1 Å². The first-order chi connectivity index (χ1) is 13.2. The Morgan fingerprint density at radius 1 is 1.15 bits per heavy atom. The maximum atomic E-state index is 12.8. The highest BCUT2D eigenvalue weighted by molar-refractivity contribution is 5.88. The summed E-state index contributed by atoms with van der Waals surface area (Å²) in [5, 5.41) is 2.93. The van der Waals surface area contributed by atoms with Gasteiger partial charge in [-0.1, -0.05) is 31.0 Å². The lowest BCUT2D eigenvalue weighted by Crippen LogP contribution is -2.56. The Kier molecular flexibility index (Phi) is 7.10. The molecule has 1 aromatic carbocycles. The standard InChI is InChI=1S/C21H31N3O3/c1-2-27-19-10-6-5-9-17(19)16-24-14-11-22-21(26)18(24)15-20(25)23-12-7-3-4-8-13-23/h5-6,9-10,18H,2-4,7-8,11-16H2,1H3,(H,22,26)/t18-/m1/s1. The topological polar surface area (TPSA) is 61.9 Å². The number of nitrogens with zero attached hydrogens (tertiary/aromatic N) is 2. The Morgan fingerprint density at radius 3 is 2.63 bits per heavy atom. The van der Waals surface area contributed by atoms with Crippen molar-refractivity contribution in [1.82, 2.24) is 15.1 Å². The normalized spacial score (nSPS) is 21.4. The Hall–Kier alpha value is -2.08. The molecule has 27 heavy (non-hydrogen) atoms. The van der Waals surface area contributed by atoms with Crippen LogP contribution in [0, 0.1) is 0 Å². The molecule has 2 fully saturated rings. The van der Waals surface area contributed by atoms with E-state index in [0.29, 0.717) is 19.7 Å². The first-order valence-corrected chi connectivity index (χ1v) is 10.2. The first-order valence-electron chi connectivity index (χ1n) is 10.2.